The van der Waals surface area contributed by atoms with Crippen molar-refractivity contribution in [2.75, 3.05) is 4.90 Å². The highest BCUT2D eigenvalue weighted by Gasteiger charge is 2.35. The van der Waals surface area contributed by atoms with Crippen molar-refractivity contribution in [1.82, 2.24) is 0 Å². The molecule has 256 valence electrons. The van der Waals surface area contributed by atoms with Gasteiger partial charge in [-0.25, -0.2) is 0 Å². The van der Waals surface area contributed by atoms with Gasteiger partial charge < -0.3 is 13.7 Å². The van der Waals surface area contributed by atoms with E-state index < -0.39 is 0 Å². The van der Waals surface area contributed by atoms with Gasteiger partial charge in [-0.2, -0.15) is 0 Å². The zero-order valence-electron chi connectivity index (χ0n) is 30.0. The molecule has 0 atom stereocenters. The summed E-state index contributed by atoms with van der Waals surface area (Å²) >= 11 is 0. The second-order valence-corrected chi connectivity index (χ2v) is 15.0. The van der Waals surface area contributed by atoms with Crippen LogP contribution in [0.2, 0.25) is 0 Å². The lowest BCUT2D eigenvalue weighted by atomic mass is 9.82. The molecule has 2 heterocycles. The van der Waals surface area contributed by atoms with Crippen LogP contribution < -0.4 is 4.90 Å². The van der Waals surface area contributed by atoms with Crippen LogP contribution in [0.1, 0.15) is 25.0 Å². The first-order valence-electron chi connectivity index (χ1n) is 18.6. The summed E-state index contributed by atoms with van der Waals surface area (Å²) in [5.74, 6) is 0. The quantitative estimate of drug-likeness (QED) is 0.180. The molecule has 0 radical (unpaired) electrons. The lowest BCUT2D eigenvalue weighted by Gasteiger charge is -2.28. The van der Waals surface area contributed by atoms with Crippen LogP contribution in [-0.4, -0.2) is 0 Å². The van der Waals surface area contributed by atoms with Gasteiger partial charge in [0.05, 0.1) is 0 Å². The van der Waals surface area contributed by atoms with E-state index in [2.05, 4.69) is 183 Å². The third kappa shape index (κ3) is 4.68. The van der Waals surface area contributed by atoms with Gasteiger partial charge in [0.2, 0.25) is 0 Å². The Labute approximate surface area is 313 Å². The van der Waals surface area contributed by atoms with Gasteiger partial charge in [0, 0.05) is 44.0 Å². The normalized spacial score (nSPS) is 13.1. The van der Waals surface area contributed by atoms with Gasteiger partial charge in [0.15, 0.2) is 0 Å². The van der Waals surface area contributed by atoms with Crippen molar-refractivity contribution in [2.24, 2.45) is 0 Å². The van der Waals surface area contributed by atoms with Gasteiger partial charge in [-0.3, -0.25) is 0 Å². The van der Waals surface area contributed by atoms with Crippen molar-refractivity contribution in [3.8, 4) is 33.4 Å². The van der Waals surface area contributed by atoms with E-state index in [0.717, 1.165) is 72.1 Å². The molecule has 3 nitrogen and oxygen atoms in total. The van der Waals surface area contributed by atoms with Crippen LogP contribution in [0.5, 0.6) is 0 Å². The van der Waals surface area contributed by atoms with Crippen LogP contribution in [0.25, 0.3) is 77.3 Å². The monoisotopic (exact) mass is 693 g/mol. The van der Waals surface area contributed by atoms with Gasteiger partial charge in [0.25, 0.3) is 0 Å². The summed E-state index contributed by atoms with van der Waals surface area (Å²) < 4.78 is 12.6. The first kappa shape index (κ1) is 30.8. The van der Waals surface area contributed by atoms with Gasteiger partial charge in [-0.1, -0.05) is 117 Å². The minimum atomic E-state index is -0.113. The Balaban J connectivity index is 1.06. The molecule has 0 aliphatic heterocycles. The molecule has 1 aliphatic rings. The number of fused-ring (bicyclic) bond motifs is 9. The summed E-state index contributed by atoms with van der Waals surface area (Å²) in [7, 11) is 0. The van der Waals surface area contributed by atoms with E-state index in [0.29, 0.717) is 0 Å². The number of hydrogen-bond acceptors (Lipinski definition) is 3. The van der Waals surface area contributed by atoms with Gasteiger partial charge in [0.1, 0.15) is 22.3 Å². The first-order valence-corrected chi connectivity index (χ1v) is 18.6. The molecule has 54 heavy (non-hydrogen) atoms. The molecule has 0 bridgehead atoms. The van der Waals surface area contributed by atoms with Crippen molar-refractivity contribution in [2.45, 2.75) is 19.3 Å². The minimum absolute atomic E-state index is 0.113. The van der Waals surface area contributed by atoms with Crippen molar-refractivity contribution >= 4 is 60.9 Å². The van der Waals surface area contributed by atoms with E-state index in [9.17, 15) is 0 Å². The van der Waals surface area contributed by atoms with Crippen LogP contribution in [0.15, 0.2) is 185 Å². The molecule has 0 amide bonds. The van der Waals surface area contributed by atoms with Crippen molar-refractivity contribution in [1.29, 1.82) is 0 Å². The molecule has 0 N–H and O–H groups in total. The summed E-state index contributed by atoms with van der Waals surface area (Å²) in [5, 5.41) is 4.42. The summed E-state index contributed by atoms with van der Waals surface area (Å²) in [6.07, 6.45) is 0. The average molecular weight is 694 g/mol. The fourth-order valence-corrected chi connectivity index (χ4v) is 8.70. The minimum Gasteiger partial charge on any atom is -0.456 e. The SMILES string of the molecule is CC1(C)c2ccccc2-c2ccc(N(c3ccc(-c4ccccc4)cc3)c3ccc4oc5ccc(-c6ccc7oc8ccccc8c7c6)cc5c4c3)cc21. The Morgan fingerprint density at radius 2 is 0.852 bits per heavy atom. The third-order valence-electron chi connectivity index (χ3n) is 11.5. The summed E-state index contributed by atoms with van der Waals surface area (Å²) in [5.41, 5.74) is 16.7. The van der Waals surface area contributed by atoms with Crippen LogP contribution in [0.3, 0.4) is 0 Å². The molecular formula is C51H35NO2. The predicted molar refractivity (Wildman–Crippen MR) is 224 cm³/mol. The zero-order valence-corrected chi connectivity index (χ0v) is 30.0. The smallest absolute Gasteiger partial charge is 0.135 e. The Kier molecular flexibility index (Phi) is 6.60. The largest absolute Gasteiger partial charge is 0.456 e. The highest BCUT2D eigenvalue weighted by Crippen LogP contribution is 2.51. The number of nitrogens with zero attached hydrogens (tertiary/aromatic N) is 1. The Morgan fingerprint density at radius 1 is 0.352 bits per heavy atom. The standard InChI is InChI=1S/C51H35NO2/c1-51(2)45-14-8-6-12-39(45)40-24-22-38(31-46(40)51)52(36-20-16-33(17-21-36)32-10-4-3-5-11-32)37-23-27-50-44(30-37)43-29-35(19-26-49(43)54-50)34-18-25-48-42(28-34)41-13-7-9-15-47(41)53-48/h3-31H,1-2H3. The number of rotatable bonds is 5. The molecule has 11 rings (SSSR count). The highest BCUT2D eigenvalue weighted by atomic mass is 16.3. The molecule has 2 aromatic heterocycles. The fraction of sp³-hybridized carbons (Fsp3) is 0.0588. The van der Waals surface area contributed by atoms with E-state index in [1.807, 2.05) is 12.1 Å². The average Bonchev–Trinajstić information content (AvgIpc) is 3.85. The molecular weight excluding hydrogens is 659 g/mol. The lowest BCUT2D eigenvalue weighted by molar-refractivity contribution is 0.660. The number of furan rings is 2. The van der Waals surface area contributed by atoms with Gasteiger partial charge in [-0.05, 0) is 117 Å². The molecule has 1 aliphatic carbocycles. The van der Waals surface area contributed by atoms with Crippen LogP contribution >= 0.6 is 0 Å². The van der Waals surface area contributed by atoms with Crippen molar-refractivity contribution < 1.29 is 8.83 Å². The zero-order chi connectivity index (χ0) is 36.0. The topological polar surface area (TPSA) is 29.5 Å². The van der Waals surface area contributed by atoms with Crippen molar-refractivity contribution in [3.05, 3.63) is 187 Å². The predicted octanol–water partition coefficient (Wildman–Crippen LogP) is 14.6. The van der Waals surface area contributed by atoms with E-state index in [1.165, 1.54) is 33.4 Å². The fourth-order valence-electron chi connectivity index (χ4n) is 8.70. The van der Waals surface area contributed by atoms with Crippen LogP contribution in [0.4, 0.5) is 17.1 Å². The summed E-state index contributed by atoms with van der Waals surface area (Å²) in [6.45, 7) is 4.68. The molecule has 0 spiro atoms. The molecule has 10 aromatic rings. The van der Waals surface area contributed by atoms with E-state index in [1.54, 1.807) is 0 Å². The molecule has 3 heteroatoms. The number of para-hydroxylation sites is 1. The summed E-state index contributed by atoms with van der Waals surface area (Å²) in [6, 6.07) is 63.1. The van der Waals surface area contributed by atoms with E-state index in [-0.39, 0.29) is 5.41 Å². The third-order valence-corrected chi connectivity index (χ3v) is 11.5. The Hall–Kier alpha value is -6.84. The Bertz CT molecular complexity index is 3070. The number of hydrogen-bond donors (Lipinski definition) is 0. The molecule has 0 unspecified atom stereocenters. The summed E-state index contributed by atoms with van der Waals surface area (Å²) in [4.78, 5) is 2.38. The first-order chi connectivity index (χ1) is 26.5. The molecule has 0 saturated heterocycles. The van der Waals surface area contributed by atoms with Gasteiger partial charge >= 0.3 is 0 Å². The van der Waals surface area contributed by atoms with Gasteiger partial charge in [-0.15, -0.1) is 0 Å². The second kappa shape index (κ2) is 11.6. The number of anilines is 3. The Morgan fingerprint density at radius 3 is 1.61 bits per heavy atom. The van der Waals surface area contributed by atoms with E-state index >= 15 is 0 Å². The molecule has 8 aromatic carbocycles. The van der Waals surface area contributed by atoms with E-state index in [4.69, 9.17) is 8.83 Å². The highest BCUT2D eigenvalue weighted by molar-refractivity contribution is 6.09. The molecule has 0 fully saturated rings. The van der Waals surface area contributed by atoms with Crippen molar-refractivity contribution in [3.63, 3.8) is 0 Å². The second-order valence-electron chi connectivity index (χ2n) is 15.0. The van der Waals surface area contributed by atoms with Crippen LogP contribution in [0, 0.1) is 0 Å². The maximum Gasteiger partial charge on any atom is 0.135 e. The lowest BCUT2D eigenvalue weighted by Crippen LogP contribution is -2.16. The number of benzene rings is 8. The maximum atomic E-state index is 6.46. The van der Waals surface area contributed by atoms with Crippen LogP contribution in [-0.2, 0) is 5.41 Å². The molecule has 0 saturated carbocycles. The maximum absolute atomic E-state index is 6.46.